The molecule has 0 saturated heterocycles. The minimum atomic E-state index is -0.356. The van der Waals surface area contributed by atoms with Crippen LogP contribution >= 0.6 is 15.9 Å². The standard InChI is InChI=1S/C19H14BrN3O2/c1-11-15(14-4-2-3-5-17(14)21-11)10-16-18(24)22-23(19(16)25)13-8-6-12(20)7-9-13/h2-10,25H,1H3,(H,22,24)/b15-10-. The Hall–Kier alpha value is -2.86. The molecule has 0 atom stereocenters. The zero-order valence-corrected chi connectivity index (χ0v) is 14.9. The Kier molecular flexibility index (Phi) is 3.69. The van der Waals surface area contributed by atoms with E-state index in [4.69, 9.17) is 0 Å². The number of fused-ring (bicyclic) bond motifs is 1. The van der Waals surface area contributed by atoms with Gasteiger partial charge in [0.25, 0.3) is 5.56 Å². The van der Waals surface area contributed by atoms with Gasteiger partial charge in [0.15, 0.2) is 0 Å². The molecule has 0 bridgehead atoms. The van der Waals surface area contributed by atoms with Crippen LogP contribution in [0.5, 0.6) is 5.88 Å². The molecule has 1 aliphatic rings. The van der Waals surface area contributed by atoms with Crippen molar-refractivity contribution >= 4 is 39.0 Å². The van der Waals surface area contributed by atoms with Crippen LogP contribution in [0.3, 0.4) is 0 Å². The Labute approximate surface area is 152 Å². The molecule has 1 aliphatic heterocycles. The predicted octanol–water partition coefficient (Wildman–Crippen LogP) is 4.28. The van der Waals surface area contributed by atoms with Crippen molar-refractivity contribution in [1.82, 2.24) is 9.78 Å². The van der Waals surface area contributed by atoms with Crippen LogP contribution in [-0.2, 0) is 0 Å². The molecule has 2 N–H and O–H groups in total. The van der Waals surface area contributed by atoms with Crippen molar-refractivity contribution in [1.29, 1.82) is 0 Å². The third kappa shape index (κ3) is 2.64. The Morgan fingerprint density at radius 2 is 1.88 bits per heavy atom. The molecule has 3 aromatic rings. The van der Waals surface area contributed by atoms with Gasteiger partial charge in [-0.1, -0.05) is 34.1 Å². The Morgan fingerprint density at radius 1 is 1.16 bits per heavy atom. The van der Waals surface area contributed by atoms with Crippen LogP contribution < -0.4 is 5.56 Å². The number of aromatic hydroxyl groups is 1. The van der Waals surface area contributed by atoms with Crippen LogP contribution in [-0.4, -0.2) is 20.6 Å². The summed E-state index contributed by atoms with van der Waals surface area (Å²) < 4.78 is 2.29. The maximum atomic E-state index is 12.4. The second kappa shape index (κ2) is 5.89. The Bertz CT molecular complexity index is 1090. The number of halogens is 1. The zero-order valence-electron chi connectivity index (χ0n) is 13.3. The quantitative estimate of drug-likeness (QED) is 0.679. The van der Waals surface area contributed by atoms with E-state index in [1.807, 2.05) is 43.3 Å². The molecule has 4 rings (SSSR count). The molecule has 6 heteroatoms. The van der Waals surface area contributed by atoms with Crippen molar-refractivity contribution in [3.05, 3.63) is 74.5 Å². The number of benzene rings is 2. The first kappa shape index (κ1) is 15.7. The van der Waals surface area contributed by atoms with E-state index < -0.39 is 0 Å². The highest BCUT2D eigenvalue weighted by Gasteiger charge is 2.20. The number of hydrogen-bond acceptors (Lipinski definition) is 3. The average molecular weight is 396 g/mol. The number of para-hydroxylation sites is 1. The van der Waals surface area contributed by atoms with Gasteiger partial charge in [-0.15, -0.1) is 0 Å². The summed E-state index contributed by atoms with van der Waals surface area (Å²) in [5, 5.41) is 13.2. The van der Waals surface area contributed by atoms with Gasteiger partial charge >= 0.3 is 0 Å². The highest BCUT2D eigenvalue weighted by atomic mass is 79.9. The highest BCUT2D eigenvalue weighted by molar-refractivity contribution is 9.10. The SMILES string of the molecule is CC1=Nc2ccccc2/C1=C\c1c(O)n(-c2ccc(Br)cc2)[nH]c1=O. The first-order valence-corrected chi connectivity index (χ1v) is 8.50. The number of aromatic amines is 1. The molecular formula is C19H14BrN3O2. The van der Waals surface area contributed by atoms with Gasteiger partial charge in [-0.05, 0) is 43.3 Å². The van der Waals surface area contributed by atoms with E-state index in [0.717, 1.165) is 27.0 Å². The Morgan fingerprint density at radius 3 is 2.64 bits per heavy atom. The number of hydrogen-bond donors (Lipinski definition) is 2. The first-order valence-electron chi connectivity index (χ1n) is 7.71. The van der Waals surface area contributed by atoms with Gasteiger partial charge in [0.1, 0.15) is 5.56 Å². The van der Waals surface area contributed by atoms with E-state index in [0.29, 0.717) is 5.69 Å². The molecule has 25 heavy (non-hydrogen) atoms. The zero-order chi connectivity index (χ0) is 17.6. The number of nitrogens with one attached hydrogen (secondary N) is 1. The lowest BCUT2D eigenvalue weighted by Gasteiger charge is -2.04. The van der Waals surface area contributed by atoms with Gasteiger partial charge in [-0.3, -0.25) is 14.9 Å². The molecule has 2 aromatic carbocycles. The van der Waals surface area contributed by atoms with Crippen LogP contribution in [0.1, 0.15) is 18.1 Å². The molecule has 0 radical (unpaired) electrons. The molecule has 0 fully saturated rings. The summed E-state index contributed by atoms with van der Waals surface area (Å²) in [6.45, 7) is 1.89. The number of aliphatic imine (C=N–C) groups is 1. The van der Waals surface area contributed by atoms with Crippen molar-refractivity contribution in [3.63, 3.8) is 0 Å². The summed E-state index contributed by atoms with van der Waals surface area (Å²) in [4.78, 5) is 16.9. The molecular weight excluding hydrogens is 382 g/mol. The highest BCUT2D eigenvalue weighted by Crippen LogP contribution is 2.36. The van der Waals surface area contributed by atoms with E-state index >= 15 is 0 Å². The van der Waals surface area contributed by atoms with Crippen molar-refractivity contribution in [2.75, 3.05) is 0 Å². The topological polar surface area (TPSA) is 70.4 Å². The van der Waals surface area contributed by atoms with E-state index in [2.05, 4.69) is 26.0 Å². The normalized spacial score (nSPS) is 14.6. The molecule has 5 nitrogen and oxygen atoms in total. The molecule has 0 saturated carbocycles. The van der Waals surface area contributed by atoms with Crippen molar-refractivity contribution in [2.45, 2.75) is 6.92 Å². The third-order valence-electron chi connectivity index (χ3n) is 4.16. The summed E-state index contributed by atoms with van der Waals surface area (Å²) in [5.74, 6) is -0.128. The molecule has 2 heterocycles. The largest absolute Gasteiger partial charge is 0.493 e. The lowest BCUT2D eigenvalue weighted by molar-refractivity contribution is 0.432. The maximum Gasteiger partial charge on any atom is 0.275 e. The first-order chi connectivity index (χ1) is 12.0. The summed E-state index contributed by atoms with van der Waals surface area (Å²) in [7, 11) is 0. The van der Waals surface area contributed by atoms with Gasteiger partial charge in [0.05, 0.1) is 11.4 Å². The minimum absolute atomic E-state index is 0.128. The van der Waals surface area contributed by atoms with Gasteiger partial charge in [-0.25, -0.2) is 4.68 Å². The third-order valence-corrected chi connectivity index (χ3v) is 4.69. The second-order valence-electron chi connectivity index (χ2n) is 5.76. The number of allylic oxidation sites excluding steroid dienone is 1. The van der Waals surface area contributed by atoms with Crippen molar-refractivity contribution < 1.29 is 5.11 Å². The molecule has 0 spiro atoms. The lowest BCUT2D eigenvalue weighted by Crippen LogP contribution is -2.05. The fourth-order valence-electron chi connectivity index (χ4n) is 2.91. The summed E-state index contributed by atoms with van der Waals surface area (Å²) in [6.07, 6.45) is 1.69. The van der Waals surface area contributed by atoms with Crippen molar-refractivity contribution in [2.24, 2.45) is 4.99 Å². The summed E-state index contributed by atoms with van der Waals surface area (Å²) >= 11 is 3.37. The van der Waals surface area contributed by atoms with Crippen LogP contribution in [0.4, 0.5) is 5.69 Å². The van der Waals surface area contributed by atoms with Crippen molar-refractivity contribution in [3.8, 4) is 11.6 Å². The molecule has 1 aromatic heterocycles. The van der Waals surface area contributed by atoms with Gasteiger partial charge in [0.2, 0.25) is 5.88 Å². The smallest absolute Gasteiger partial charge is 0.275 e. The average Bonchev–Trinajstić information content (AvgIpc) is 3.07. The summed E-state index contributed by atoms with van der Waals surface area (Å²) in [5.41, 5.74) is 4.00. The number of nitrogens with zero attached hydrogens (tertiary/aromatic N) is 2. The van der Waals surface area contributed by atoms with E-state index in [1.54, 1.807) is 18.2 Å². The van der Waals surface area contributed by atoms with Crippen LogP contribution in [0.25, 0.3) is 17.3 Å². The molecule has 0 aliphatic carbocycles. The van der Waals surface area contributed by atoms with E-state index in [9.17, 15) is 9.90 Å². The van der Waals surface area contributed by atoms with E-state index in [1.165, 1.54) is 4.68 Å². The van der Waals surface area contributed by atoms with Crippen LogP contribution in [0, 0.1) is 0 Å². The number of H-pyrrole nitrogens is 1. The predicted molar refractivity (Wildman–Crippen MR) is 103 cm³/mol. The van der Waals surface area contributed by atoms with Gasteiger partial charge in [-0.2, -0.15) is 0 Å². The van der Waals surface area contributed by atoms with Gasteiger partial charge in [0, 0.05) is 21.3 Å². The van der Waals surface area contributed by atoms with Gasteiger partial charge < -0.3 is 5.11 Å². The summed E-state index contributed by atoms with van der Waals surface area (Å²) in [6, 6.07) is 15.0. The Balaban J connectivity index is 1.84. The fraction of sp³-hybridized carbons (Fsp3) is 0.0526. The minimum Gasteiger partial charge on any atom is -0.493 e. The van der Waals surface area contributed by atoms with Crippen LogP contribution in [0.15, 0.2) is 62.8 Å². The number of rotatable bonds is 2. The monoisotopic (exact) mass is 395 g/mol. The molecule has 0 amide bonds. The van der Waals surface area contributed by atoms with E-state index in [-0.39, 0.29) is 17.0 Å². The maximum absolute atomic E-state index is 12.4. The fourth-order valence-corrected chi connectivity index (χ4v) is 3.17. The van der Waals surface area contributed by atoms with Crippen LogP contribution in [0.2, 0.25) is 0 Å². The molecule has 0 unspecified atom stereocenters. The number of aromatic nitrogens is 2. The molecule has 124 valence electrons. The lowest BCUT2D eigenvalue weighted by atomic mass is 10.0. The second-order valence-corrected chi connectivity index (χ2v) is 6.68.